The minimum Gasteiger partial charge on any atom is -0.266 e. The minimum absolute atomic E-state index is 0.249. The predicted octanol–water partition coefficient (Wildman–Crippen LogP) is 3.90. The summed E-state index contributed by atoms with van der Waals surface area (Å²) in [5.41, 5.74) is 4.03. The maximum Gasteiger partial charge on any atom is 0.281 e. The Morgan fingerprint density at radius 1 is 1.38 bits per heavy atom. The number of hydrazone groups is 1. The zero-order valence-corrected chi connectivity index (χ0v) is 13.4. The molecule has 0 unspecified atom stereocenters. The normalized spacial score (nSPS) is 13.6. The number of benzene rings is 1. The van der Waals surface area contributed by atoms with Crippen LogP contribution in [0.1, 0.15) is 32.1 Å². The molecule has 0 atom stereocenters. The number of aryl methyl sites for hydroxylation is 2. The van der Waals surface area contributed by atoms with Crippen molar-refractivity contribution in [2.75, 3.05) is 0 Å². The molecule has 2 aromatic rings. The molecule has 0 aliphatic heterocycles. The van der Waals surface area contributed by atoms with Gasteiger partial charge in [-0.25, -0.2) is 9.82 Å². The second-order valence-electron chi connectivity index (χ2n) is 4.78. The molecule has 108 valence electrons. The summed E-state index contributed by atoms with van der Waals surface area (Å²) < 4.78 is 14.3. The fourth-order valence-corrected chi connectivity index (χ4v) is 3.79. The Balaban J connectivity index is 1.67. The summed E-state index contributed by atoms with van der Waals surface area (Å²) in [6, 6.07) is 6.48. The van der Waals surface area contributed by atoms with Crippen LogP contribution in [0, 0.1) is 5.82 Å². The Morgan fingerprint density at radius 2 is 2.24 bits per heavy atom. The van der Waals surface area contributed by atoms with E-state index in [9.17, 15) is 9.18 Å². The van der Waals surface area contributed by atoms with Gasteiger partial charge in [0, 0.05) is 14.9 Å². The first kappa shape index (κ1) is 14.4. The molecule has 6 heteroatoms. The molecule has 0 spiro atoms. The van der Waals surface area contributed by atoms with Crippen LogP contribution in [0.4, 0.5) is 4.39 Å². The topological polar surface area (TPSA) is 41.5 Å². The number of carbonyl (C=O) groups is 1. The molecule has 3 rings (SSSR count). The lowest BCUT2D eigenvalue weighted by Crippen LogP contribution is -2.16. The van der Waals surface area contributed by atoms with Gasteiger partial charge in [0.2, 0.25) is 0 Å². The number of halogens is 2. The lowest BCUT2D eigenvalue weighted by molar-refractivity contribution is 0.0959. The van der Waals surface area contributed by atoms with Gasteiger partial charge in [0.05, 0.1) is 11.1 Å². The summed E-state index contributed by atoms with van der Waals surface area (Å²) in [4.78, 5) is 13.9. The van der Waals surface area contributed by atoms with Crippen molar-refractivity contribution in [1.82, 2.24) is 5.43 Å². The Kier molecular flexibility index (Phi) is 4.17. The molecular weight excluding hydrogens is 355 g/mol. The molecule has 1 aliphatic rings. The van der Waals surface area contributed by atoms with E-state index in [0.717, 1.165) is 17.3 Å². The number of hydrogen-bond donors (Lipinski definition) is 1. The first-order chi connectivity index (χ1) is 10.1. The Hall–Kier alpha value is -1.53. The summed E-state index contributed by atoms with van der Waals surface area (Å²) in [6.07, 6.45) is 4.58. The predicted molar refractivity (Wildman–Crippen MR) is 85.5 cm³/mol. The highest BCUT2D eigenvalue weighted by Gasteiger charge is 2.18. The number of carbonyl (C=O) groups excluding carboxylic acids is 1. The number of nitrogens with one attached hydrogen (secondary N) is 1. The van der Waals surface area contributed by atoms with Crippen molar-refractivity contribution in [3.8, 4) is 0 Å². The zero-order valence-electron chi connectivity index (χ0n) is 11.0. The quantitative estimate of drug-likeness (QED) is 0.649. The fourth-order valence-electron chi connectivity index (χ4n) is 2.27. The maximum absolute atomic E-state index is 13.5. The van der Waals surface area contributed by atoms with E-state index in [0.29, 0.717) is 10.4 Å². The van der Waals surface area contributed by atoms with Crippen molar-refractivity contribution >= 4 is 39.4 Å². The first-order valence-electron chi connectivity index (χ1n) is 6.53. The molecule has 1 amide bonds. The summed E-state index contributed by atoms with van der Waals surface area (Å²) in [5.74, 6) is -0.632. The van der Waals surface area contributed by atoms with E-state index in [-0.39, 0.29) is 11.7 Å². The highest BCUT2D eigenvalue weighted by atomic mass is 79.9. The number of rotatable bonds is 3. The van der Waals surface area contributed by atoms with Gasteiger partial charge in [0.25, 0.3) is 5.91 Å². The third kappa shape index (κ3) is 3.22. The zero-order chi connectivity index (χ0) is 14.8. The third-order valence-electron chi connectivity index (χ3n) is 3.30. The van der Waals surface area contributed by atoms with Gasteiger partial charge in [-0.05, 0) is 49.1 Å². The van der Waals surface area contributed by atoms with Crippen LogP contribution in [-0.2, 0) is 12.8 Å². The second kappa shape index (κ2) is 6.07. The molecule has 1 aliphatic carbocycles. The van der Waals surface area contributed by atoms with Gasteiger partial charge in [-0.2, -0.15) is 5.10 Å². The first-order valence-corrected chi connectivity index (χ1v) is 8.14. The Bertz CT molecular complexity index is 705. The van der Waals surface area contributed by atoms with Crippen molar-refractivity contribution in [1.29, 1.82) is 0 Å². The van der Waals surface area contributed by atoms with Gasteiger partial charge >= 0.3 is 0 Å². The van der Waals surface area contributed by atoms with Gasteiger partial charge in [0.15, 0.2) is 0 Å². The van der Waals surface area contributed by atoms with Crippen LogP contribution in [0.15, 0.2) is 33.8 Å². The average Bonchev–Trinajstić information content (AvgIpc) is 3.03. The van der Waals surface area contributed by atoms with Gasteiger partial charge in [-0.15, -0.1) is 11.3 Å². The summed E-state index contributed by atoms with van der Waals surface area (Å²) in [7, 11) is 0. The van der Waals surface area contributed by atoms with E-state index in [2.05, 4.69) is 26.5 Å². The minimum atomic E-state index is -0.383. The van der Waals surface area contributed by atoms with Crippen LogP contribution >= 0.6 is 27.3 Å². The van der Waals surface area contributed by atoms with E-state index in [1.165, 1.54) is 40.5 Å². The second-order valence-corrected chi connectivity index (χ2v) is 6.83. The van der Waals surface area contributed by atoms with Gasteiger partial charge in [0.1, 0.15) is 5.82 Å². The molecule has 0 saturated heterocycles. The van der Waals surface area contributed by atoms with Crippen molar-refractivity contribution in [3.63, 3.8) is 0 Å². The molecule has 3 nitrogen and oxygen atoms in total. The largest absolute Gasteiger partial charge is 0.281 e. The molecule has 0 bridgehead atoms. The molecule has 1 aromatic carbocycles. The smallest absolute Gasteiger partial charge is 0.266 e. The lowest BCUT2D eigenvalue weighted by Gasteiger charge is -1.98. The molecule has 1 N–H and O–H groups in total. The molecule has 1 aromatic heterocycles. The molecule has 0 fully saturated rings. The van der Waals surface area contributed by atoms with E-state index < -0.39 is 0 Å². The molecular formula is C15H12BrFN2OS. The lowest BCUT2D eigenvalue weighted by atomic mass is 10.2. The van der Waals surface area contributed by atoms with Gasteiger partial charge < -0.3 is 0 Å². The fraction of sp³-hybridized carbons (Fsp3) is 0.200. The number of nitrogens with zero attached hydrogens (tertiary/aromatic N) is 1. The van der Waals surface area contributed by atoms with Crippen molar-refractivity contribution < 1.29 is 9.18 Å². The van der Waals surface area contributed by atoms with Crippen LogP contribution in [0.5, 0.6) is 0 Å². The van der Waals surface area contributed by atoms with Gasteiger partial charge in [-0.3, -0.25) is 4.79 Å². The van der Waals surface area contributed by atoms with E-state index >= 15 is 0 Å². The number of amides is 1. The number of hydrogen-bond acceptors (Lipinski definition) is 3. The van der Waals surface area contributed by atoms with Crippen LogP contribution in [0.25, 0.3) is 0 Å². The van der Waals surface area contributed by atoms with E-state index in [1.807, 2.05) is 6.07 Å². The molecule has 1 heterocycles. The number of fused-ring (bicyclic) bond motifs is 1. The van der Waals surface area contributed by atoms with E-state index in [1.54, 1.807) is 12.1 Å². The van der Waals surface area contributed by atoms with Crippen molar-refractivity contribution in [3.05, 3.63) is 55.4 Å². The van der Waals surface area contributed by atoms with E-state index in [4.69, 9.17) is 0 Å². The Morgan fingerprint density at radius 3 is 3.05 bits per heavy atom. The van der Waals surface area contributed by atoms with Crippen LogP contribution < -0.4 is 5.43 Å². The van der Waals surface area contributed by atoms with Gasteiger partial charge in [-0.1, -0.05) is 15.9 Å². The average molecular weight is 367 g/mol. The van der Waals surface area contributed by atoms with Crippen LogP contribution in [0.2, 0.25) is 0 Å². The molecule has 0 saturated carbocycles. The summed E-state index contributed by atoms with van der Waals surface area (Å²) in [5, 5.41) is 3.82. The SMILES string of the molecule is O=C(N/N=C\c1cc(Br)ccc1F)c1cc2c(s1)CCC2. The van der Waals surface area contributed by atoms with Crippen LogP contribution in [-0.4, -0.2) is 12.1 Å². The number of thiophene rings is 1. The third-order valence-corrected chi connectivity index (χ3v) is 5.03. The summed E-state index contributed by atoms with van der Waals surface area (Å²) >= 11 is 4.78. The van der Waals surface area contributed by atoms with Crippen molar-refractivity contribution in [2.45, 2.75) is 19.3 Å². The molecule has 21 heavy (non-hydrogen) atoms. The van der Waals surface area contributed by atoms with Crippen molar-refractivity contribution in [2.24, 2.45) is 5.10 Å². The standard InChI is InChI=1S/C15H12BrFN2OS/c16-11-4-5-12(17)10(6-11)8-18-19-15(20)14-7-9-2-1-3-13(9)21-14/h4-8H,1-3H2,(H,19,20)/b18-8-. The highest BCUT2D eigenvalue weighted by molar-refractivity contribution is 9.10. The molecule has 0 radical (unpaired) electrons. The highest BCUT2D eigenvalue weighted by Crippen LogP contribution is 2.30. The Labute approximate surface area is 134 Å². The maximum atomic E-state index is 13.5. The van der Waals surface area contributed by atoms with Crippen LogP contribution in [0.3, 0.4) is 0 Å². The summed E-state index contributed by atoms with van der Waals surface area (Å²) in [6.45, 7) is 0. The monoisotopic (exact) mass is 366 g/mol.